The number of phosphoric acid groups is 4. The van der Waals surface area contributed by atoms with Crippen molar-refractivity contribution in [3.8, 4) is 0 Å². The normalized spacial score (nSPS) is 21.5. The highest BCUT2D eigenvalue weighted by molar-refractivity contribution is 7.47. The molecule has 0 saturated heterocycles. The lowest BCUT2D eigenvalue weighted by Crippen LogP contribution is -2.65. The number of unbranched alkanes of at least 4 members (excludes halogenated alkanes) is 22. The van der Waals surface area contributed by atoms with Crippen LogP contribution in [0.2, 0.25) is 0 Å². The van der Waals surface area contributed by atoms with Gasteiger partial charge in [-0.2, -0.15) is 0 Å². The molecule has 1 rings (SSSR count). The van der Waals surface area contributed by atoms with E-state index in [1.807, 2.05) is 0 Å². The summed E-state index contributed by atoms with van der Waals surface area (Å²) in [5.41, 5.74) is 0. The second-order valence-electron chi connectivity index (χ2n) is 18.0. The van der Waals surface area contributed by atoms with Gasteiger partial charge in [0.05, 0.1) is 6.61 Å². The molecule has 0 aromatic heterocycles. The van der Waals surface area contributed by atoms with Crippen molar-refractivity contribution in [2.75, 3.05) is 13.2 Å². The lowest BCUT2D eigenvalue weighted by molar-refractivity contribution is -0.209. The molecular weight excluding hydrogens is 1020 g/mol. The average molecular weight is 1100 g/mol. The fraction of sp³-hybridized carbons (Fsp3) is 0.867. The lowest BCUT2D eigenvalue weighted by atomic mass is 9.85. The molecule has 0 aliphatic heterocycles. The number of ether oxygens (including phenoxy) is 2. The van der Waals surface area contributed by atoms with Crippen molar-refractivity contribution in [3.63, 3.8) is 0 Å². The SMILES string of the molecule is CCCCCCCCC=CCCCCCCCC(=O)OC[C@H](COP(=O)(O)OC1[C@@H](O)[C@H](OP(=O)(O)O)C(OP(=O)(O)O)[C@H](OP(=O)(O)O)[C@@H]1O)OC(=O)CCCCCCCC=CCCCCCCCC. The summed E-state index contributed by atoms with van der Waals surface area (Å²) in [4.78, 5) is 92.9. The van der Waals surface area contributed by atoms with Crippen molar-refractivity contribution in [2.45, 2.75) is 236 Å². The molecule has 0 aromatic carbocycles. The molecule has 3 unspecified atom stereocenters. The minimum absolute atomic E-state index is 0.0239. The predicted octanol–water partition coefficient (Wildman–Crippen LogP) is 9.19. The number of carbonyl (C=O) groups is 2. The third kappa shape index (κ3) is 36.4. The number of phosphoric ester groups is 4. The predicted molar refractivity (Wildman–Crippen MR) is 263 cm³/mol. The van der Waals surface area contributed by atoms with Crippen molar-refractivity contribution in [3.05, 3.63) is 24.3 Å². The second-order valence-corrected chi connectivity index (χ2v) is 22.9. The molecule has 1 saturated carbocycles. The summed E-state index contributed by atoms with van der Waals surface area (Å²) < 4.78 is 82.2. The maximum Gasteiger partial charge on any atom is 0.472 e. The Labute approximate surface area is 420 Å². The van der Waals surface area contributed by atoms with Gasteiger partial charge in [0.2, 0.25) is 0 Å². The molecule has 22 nitrogen and oxygen atoms in total. The number of esters is 2. The van der Waals surface area contributed by atoms with Crippen molar-refractivity contribution in [1.29, 1.82) is 0 Å². The Morgan fingerprint density at radius 1 is 0.437 bits per heavy atom. The van der Waals surface area contributed by atoms with Crippen LogP contribution >= 0.6 is 31.3 Å². The van der Waals surface area contributed by atoms with E-state index >= 15 is 0 Å². The standard InChI is InChI=1S/C45H86O22P4/c1-3-5-7-9-11-13-15-17-19-21-23-25-27-29-31-33-38(46)61-35-37(63-39(47)34-32-30-28-26-24-22-20-18-16-14-12-10-8-6-4-2)36-62-71(59,60)67-42-40(48)43(64-68(50,51)52)45(66-70(56,57)58)44(41(42)49)65-69(53,54)55/h17-20,37,40-45,48-49H,3-16,21-36H2,1-2H3,(H,59,60)(H2,50,51,52)(H2,53,54,55)(H2,56,57,58)/t37-,40-,41-,42?,43-,44+,45?/m1/s1. The summed E-state index contributed by atoms with van der Waals surface area (Å²) >= 11 is 0. The molecule has 0 bridgehead atoms. The molecule has 1 aliphatic rings. The van der Waals surface area contributed by atoms with Crippen LogP contribution in [0, 0.1) is 0 Å². The molecule has 8 atom stereocenters. The van der Waals surface area contributed by atoms with Crippen molar-refractivity contribution in [1.82, 2.24) is 0 Å². The van der Waals surface area contributed by atoms with Crippen LogP contribution in [0.5, 0.6) is 0 Å². The van der Waals surface area contributed by atoms with E-state index in [1.54, 1.807) is 0 Å². The number of allylic oxidation sites excluding steroid dienone is 4. The molecule has 0 aromatic rings. The summed E-state index contributed by atoms with van der Waals surface area (Å²) in [7, 11) is -23.0. The zero-order valence-electron chi connectivity index (χ0n) is 41.7. The Kier molecular flexibility index (Phi) is 36.6. The van der Waals surface area contributed by atoms with Gasteiger partial charge in [-0.3, -0.25) is 32.2 Å². The molecule has 418 valence electrons. The van der Waals surface area contributed by atoms with E-state index in [1.165, 1.54) is 77.0 Å². The molecule has 26 heteroatoms. The van der Waals surface area contributed by atoms with Crippen LogP contribution in [-0.2, 0) is 59.9 Å². The quantitative estimate of drug-likeness (QED) is 0.0119. The van der Waals surface area contributed by atoms with Gasteiger partial charge in [-0.05, 0) is 64.2 Å². The first-order valence-corrected chi connectivity index (χ1v) is 31.5. The molecule has 0 heterocycles. The highest BCUT2D eigenvalue weighted by Gasteiger charge is 2.59. The third-order valence-corrected chi connectivity index (χ3v) is 14.0. The Morgan fingerprint density at radius 2 is 0.775 bits per heavy atom. The van der Waals surface area contributed by atoms with E-state index in [2.05, 4.69) is 51.7 Å². The largest absolute Gasteiger partial charge is 0.472 e. The molecular formula is C45H86O22P4. The highest BCUT2D eigenvalue weighted by atomic mass is 31.2. The molecule has 0 spiro atoms. The van der Waals surface area contributed by atoms with Gasteiger partial charge in [0.15, 0.2) is 6.10 Å². The number of hydrogen-bond acceptors (Lipinski definition) is 15. The third-order valence-electron chi connectivity index (χ3n) is 11.5. The zero-order chi connectivity index (χ0) is 53.2. The molecule has 1 fully saturated rings. The molecule has 9 N–H and O–H groups in total. The number of carbonyl (C=O) groups excluding carboxylic acids is 2. The molecule has 0 amide bonds. The van der Waals surface area contributed by atoms with Crippen LogP contribution in [0.1, 0.15) is 194 Å². The van der Waals surface area contributed by atoms with Crippen molar-refractivity contribution >= 4 is 43.2 Å². The van der Waals surface area contributed by atoms with E-state index in [0.717, 1.165) is 70.6 Å². The fourth-order valence-electron chi connectivity index (χ4n) is 7.78. The van der Waals surface area contributed by atoms with E-state index in [-0.39, 0.29) is 12.8 Å². The number of aliphatic hydroxyl groups excluding tert-OH is 2. The fourth-order valence-corrected chi connectivity index (χ4v) is 10.4. The van der Waals surface area contributed by atoms with Gasteiger partial charge >= 0.3 is 43.2 Å². The van der Waals surface area contributed by atoms with Gasteiger partial charge in [0, 0.05) is 12.8 Å². The van der Waals surface area contributed by atoms with E-state index in [9.17, 15) is 72.3 Å². The number of hydrogen-bond donors (Lipinski definition) is 9. The van der Waals surface area contributed by atoms with E-state index < -0.39 is 99.2 Å². The monoisotopic (exact) mass is 1100 g/mol. The summed E-state index contributed by atoms with van der Waals surface area (Å²) in [5.74, 6) is -1.42. The number of rotatable bonds is 44. The van der Waals surface area contributed by atoms with Gasteiger partial charge in [-0.15, -0.1) is 0 Å². The van der Waals surface area contributed by atoms with Crippen LogP contribution in [0.15, 0.2) is 24.3 Å². The van der Waals surface area contributed by atoms with Gasteiger partial charge < -0.3 is 53.9 Å². The van der Waals surface area contributed by atoms with Crippen LogP contribution in [0.3, 0.4) is 0 Å². The van der Waals surface area contributed by atoms with E-state index in [0.29, 0.717) is 19.3 Å². The van der Waals surface area contributed by atoms with Crippen LogP contribution < -0.4 is 0 Å². The Bertz CT molecular complexity index is 1650. The topological polar surface area (TPSA) is 349 Å². The van der Waals surface area contributed by atoms with Crippen LogP contribution in [0.25, 0.3) is 0 Å². The Morgan fingerprint density at radius 3 is 1.15 bits per heavy atom. The van der Waals surface area contributed by atoms with Gasteiger partial charge in [-0.25, -0.2) is 18.3 Å². The van der Waals surface area contributed by atoms with Gasteiger partial charge in [0.25, 0.3) is 0 Å². The summed E-state index contributed by atoms with van der Waals surface area (Å²) in [6.07, 6.45) is 18.1. The van der Waals surface area contributed by atoms with E-state index in [4.69, 9.17) is 18.5 Å². The minimum atomic E-state index is -5.79. The first kappa shape index (κ1) is 67.8. The highest BCUT2D eigenvalue weighted by Crippen LogP contribution is 2.53. The first-order chi connectivity index (χ1) is 33.5. The molecule has 0 radical (unpaired) electrons. The first-order valence-electron chi connectivity index (χ1n) is 25.4. The average Bonchev–Trinajstić information content (AvgIpc) is 3.27. The zero-order valence-corrected chi connectivity index (χ0v) is 45.3. The lowest BCUT2D eigenvalue weighted by Gasteiger charge is -2.45. The molecule has 71 heavy (non-hydrogen) atoms. The summed E-state index contributed by atoms with van der Waals surface area (Å²) in [6, 6.07) is 0. The van der Waals surface area contributed by atoms with Gasteiger partial charge in [-0.1, -0.05) is 141 Å². The summed E-state index contributed by atoms with van der Waals surface area (Å²) in [5, 5.41) is 21.9. The summed E-state index contributed by atoms with van der Waals surface area (Å²) in [6.45, 7) is 2.74. The van der Waals surface area contributed by atoms with Crippen LogP contribution in [0.4, 0.5) is 0 Å². The second kappa shape index (κ2) is 38.3. The van der Waals surface area contributed by atoms with Crippen molar-refractivity contribution < 1.29 is 104 Å². The van der Waals surface area contributed by atoms with Gasteiger partial charge in [0.1, 0.15) is 43.2 Å². The molecule has 1 aliphatic carbocycles. The minimum Gasteiger partial charge on any atom is -0.462 e. The smallest absolute Gasteiger partial charge is 0.462 e. The maximum atomic E-state index is 13.3. The van der Waals surface area contributed by atoms with Crippen molar-refractivity contribution in [2.24, 2.45) is 0 Å². The number of aliphatic hydroxyl groups is 2. The Balaban J connectivity index is 2.89. The Hall–Kier alpha value is -1.22. The maximum absolute atomic E-state index is 13.3. The van der Waals surface area contributed by atoms with Crippen LogP contribution in [-0.4, -0.2) is 112 Å².